The van der Waals surface area contributed by atoms with Gasteiger partial charge in [-0.05, 0) is 31.8 Å². The predicted octanol–water partition coefficient (Wildman–Crippen LogP) is 1.09. The van der Waals surface area contributed by atoms with Crippen LogP contribution >= 0.6 is 0 Å². The second-order valence-electron chi connectivity index (χ2n) is 6.49. The molecular formula is C16H29N3O2. The Kier molecular flexibility index (Phi) is 5.25. The average molecular weight is 295 g/mol. The van der Waals surface area contributed by atoms with Gasteiger partial charge in [0.1, 0.15) is 0 Å². The van der Waals surface area contributed by atoms with Gasteiger partial charge in [-0.25, -0.2) is 0 Å². The normalized spacial score (nSPS) is 28.2. The van der Waals surface area contributed by atoms with Gasteiger partial charge < -0.3 is 15.1 Å². The van der Waals surface area contributed by atoms with E-state index in [1.165, 1.54) is 0 Å². The summed E-state index contributed by atoms with van der Waals surface area (Å²) in [6.45, 7) is 11.2. The van der Waals surface area contributed by atoms with Crippen LogP contribution in [-0.4, -0.2) is 59.9 Å². The highest BCUT2D eigenvalue weighted by molar-refractivity contribution is 5.80. The summed E-state index contributed by atoms with van der Waals surface area (Å²) in [4.78, 5) is 28.7. The van der Waals surface area contributed by atoms with E-state index in [0.717, 1.165) is 25.9 Å². The van der Waals surface area contributed by atoms with Gasteiger partial charge in [-0.3, -0.25) is 9.59 Å². The first-order valence-electron chi connectivity index (χ1n) is 8.27. The Balaban J connectivity index is 2.09. The van der Waals surface area contributed by atoms with Crippen LogP contribution < -0.4 is 5.32 Å². The van der Waals surface area contributed by atoms with Crippen LogP contribution in [0.1, 0.15) is 40.5 Å². The molecule has 1 N–H and O–H groups in total. The number of rotatable bonds is 4. The fourth-order valence-electron chi connectivity index (χ4n) is 3.43. The quantitative estimate of drug-likeness (QED) is 0.845. The highest BCUT2D eigenvalue weighted by Gasteiger charge is 2.39. The maximum Gasteiger partial charge on any atom is 0.226 e. The summed E-state index contributed by atoms with van der Waals surface area (Å²) in [7, 11) is 0. The fraction of sp³-hybridized carbons (Fsp3) is 0.875. The molecule has 0 radical (unpaired) electrons. The monoisotopic (exact) mass is 295 g/mol. The summed E-state index contributed by atoms with van der Waals surface area (Å²) in [6, 6.07) is 0.334. The van der Waals surface area contributed by atoms with Gasteiger partial charge in [0.2, 0.25) is 11.8 Å². The van der Waals surface area contributed by atoms with Gasteiger partial charge in [0.15, 0.2) is 0 Å². The highest BCUT2D eigenvalue weighted by Crippen LogP contribution is 2.25. The minimum absolute atomic E-state index is 0.0849. The van der Waals surface area contributed by atoms with E-state index in [-0.39, 0.29) is 29.8 Å². The van der Waals surface area contributed by atoms with Gasteiger partial charge in [0.05, 0.1) is 0 Å². The minimum atomic E-state index is 0.0849. The lowest BCUT2D eigenvalue weighted by molar-refractivity contribution is -0.150. The molecule has 21 heavy (non-hydrogen) atoms. The van der Waals surface area contributed by atoms with Crippen LogP contribution in [0.15, 0.2) is 0 Å². The molecule has 2 aliphatic rings. The Morgan fingerprint density at radius 1 is 1.10 bits per heavy atom. The second-order valence-corrected chi connectivity index (χ2v) is 6.49. The van der Waals surface area contributed by atoms with Gasteiger partial charge in [0, 0.05) is 38.0 Å². The highest BCUT2D eigenvalue weighted by atomic mass is 16.2. The smallest absolute Gasteiger partial charge is 0.226 e. The summed E-state index contributed by atoms with van der Waals surface area (Å²) in [6.07, 6.45) is 1.81. The number of nitrogens with zero attached hydrogens (tertiary/aromatic N) is 2. The third kappa shape index (κ3) is 3.23. The molecule has 2 amide bonds. The van der Waals surface area contributed by atoms with E-state index in [1.807, 2.05) is 4.90 Å². The Labute approximate surface area is 128 Å². The maximum absolute atomic E-state index is 12.8. The molecule has 3 atom stereocenters. The molecule has 5 nitrogen and oxygen atoms in total. The number of carbonyl (C=O) groups is 2. The number of carbonyl (C=O) groups excluding carboxylic acids is 2. The molecule has 2 fully saturated rings. The molecule has 2 saturated heterocycles. The molecule has 0 aromatic heterocycles. The molecular weight excluding hydrogens is 266 g/mol. The third-order valence-corrected chi connectivity index (χ3v) is 5.24. The van der Waals surface area contributed by atoms with Crippen LogP contribution in [0.3, 0.4) is 0 Å². The van der Waals surface area contributed by atoms with Crippen LogP contribution in [0.5, 0.6) is 0 Å². The van der Waals surface area contributed by atoms with E-state index in [2.05, 4.69) is 31.0 Å². The molecule has 0 spiro atoms. The predicted molar refractivity (Wildman–Crippen MR) is 82.8 cm³/mol. The molecule has 0 saturated carbocycles. The van der Waals surface area contributed by atoms with E-state index in [4.69, 9.17) is 0 Å². The first-order chi connectivity index (χ1) is 9.99. The van der Waals surface area contributed by atoms with Crippen LogP contribution in [-0.2, 0) is 9.59 Å². The van der Waals surface area contributed by atoms with Crippen molar-refractivity contribution in [3.63, 3.8) is 0 Å². The van der Waals surface area contributed by atoms with Gasteiger partial charge in [-0.2, -0.15) is 0 Å². The van der Waals surface area contributed by atoms with Crippen LogP contribution in [0.2, 0.25) is 0 Å². The van der Waals surface area contributed by atoms with E-state index >= 15 is 0 Å². The van der Waals surface area contributed by atoms with Crippen molar-refractivity contribution in [1.29, 1.82) is 0 Å². The number of hydrogen-bond acceptors (Lipinski definition) is 3. The Hall–Kier alpha value is -1.10. The average Bonchev–Trinajstić information content (AvgIpc) is 2.42. The van der Waals surface area contributed by atoms with E-state index in [1.54, 1.807) is 6.92 Å². The fourth-order valence-corrected chi connectivity index (χ4v) is 3.43. The van der Waals surface area contributed by atoms with Crippen LogP contribution in [0, 0.1) is 11.8 Å². The number of piperazine rings is 1. The van der Waals surface area contributed by atoms with Crippen molar-refractivity contribution in [2.24, 2.45) is 11.8 Å². The number of nitrogens with one attached hydrogen (secondary N) is 1. The SMILES string of the molecule is CCC1CN(C(=O)C(C)C2CNC2)C(CC)CN1C(C)=O. The van der Waals surface area contributed by atoms with Gasteiger partial charge >= 0.3 is 0 Å². The Morgan fingerprint density at radius 2 is 1.62 bits per heavy atom. The molecule has 2 heterocycles. The van der Waals surface area contributed by atoms with Gasteiger partial charge in [0.25, 0.3) is 0 Å². The van der Waals surface area contributed by atoms with E-state index in [0.29, 0.717) is 19.0 Å². The topological polar surface area (TPSA) is 52.7 Å². The van der Waals surface area contributed by atoms with E-state index in [9.17, 15) is 9.59 Å². The third-order valence-electron chi connectivity index (χ3n) is 5.24. The van der Waals surface area contributed by atoms with Crippen LogP contribution in [0.25, 0.3) is 0 Å². The lowest BCUT2D eigenvalue weighted by atomic mass is 9.87. The van der Waals surface area contributed by atoms with E-state index < -0.39 is 0 Å². The molecule has 0 aliphatic carbocycles. The molecule has 5 heteroatoms. The Morgan fingerprint density at radius 3 is 2.05 bits per heavy atom. The standard InChI is InChI=1S/C16H29N3O2/c1-5-14-10-19(15(6-2)9-18(14)12(4)20)16(21)11(3)13-7-17-8-13/h11,13-15,17H,5-10H2,1-4H3. The van der Waals surface area contributed by atoms with Crippen molar-refractivity contribution < 1.29 is 9.59 Å². The first kappa shape index (κ1) is 16.3. The lowest BCUT2D eigenvalue weighted by Gasteiger charge is -2.47. The molecule has 0 bridgehead atoms. The largest absolute Gasteiger partial charge is 0.336 e. The summed E-state index contributed by atoms with van der Waals surface area (Å²) >= 11 is 0. The zero-order valence-electron chi connectivity index (χ0n) is 13.8. The minimum Gasteiger partial charge on any atom is -0.336 e. The lowest BCUT2D eigenvalue weighted by Crippen LogP contribution is -2.62. The van der Waals surface area contributed by atoms with Crippen molar-refractivity contribution in [1.82, 2.24) is 15.1 Å². The summed E-state index contributed by atoms with van der Waals surface area (Å²) in [5, 5.41) is 3.24. The van der Waals surface area contributed by atoms with Crippen molar-refractivity contribution in [3.8, 4) is 0 Å². The van der Waals surface area contributed by atoms with Gasteiger partial charge in [-0.15, -0.1) is 0 Å². The number of amides is 2. The van der Waals surface area contributed by atoms with Crippen molar-refractivity contribution >= 4 is 11.8 Å². The zero-order chi connectivity index (χ0) is 15.6. The molecule has 2 aliphatic heterocycles. The molecule has 2 rings (SSSR count). The van der Waals surface area contributed by atoms with Crippen molar-refractivity contribution in [3.05, 3.63) is 0 Å². The molecule has 0 aromatic carbocycles. The van der Waals surface area contributed by atoms with Crippen molar-refractivity contribution in [2.75, 3.05) is 26.2 Å². The summed E-state index contributed by atoms with van der Waals surface area (Å²) in [5.41, 5.74) is 0. The van der Waals surface area contributed by atoms with Crippen LogP contribution in [0.4, 0.5) is 0 Å². The first-order valence-corrected chi connectivity index (χ1v) is 8.27. The molecule has 3 unspecified atom stereocenters. The summed E-state index contributed by atoms with van der Waals surface area (Å²) < 4.78 is 0. The summed E-state index contributed by atoms with van der Waals surface area (Å²) in [5.74, 6) is 0.959. The molecule has 120 valence electrons. The molecule has 0 aromatic rings. The van der Waals surface area contributed by atoms with Crippen molar-refractivity contribution in [2.45, 2.75) is 52.6 Å². The second kappa shape index (κ2) is 6.77. The maximum atomic E-state index is 12.8. The zero-order valence-corrected chi connectivity index (χ0v) is 13.8. The number of hydrogen-bond donors (Lipinski definition) is 1. The van der Waals surface area contributed by atoms with Gasteiger partial charge in [-0.1, -0.05) is 20.8 Å². The Bertz CT molecular complexity index is 395.